The Morgan fingerprint density at radius 2 is 1.77 bits per heavy atom. The van der Waals surface area contributed by atoms with E-state index in [1.54, 1.807) is 0 Å². The number of hydrogen-bond acceptors (Lipinski definition) is 3. The van der Waals surface area contributed by atoms with Crippen molar-refractivity contribution in [2.24, 2.45) is 0 Å². The van der Waals surface area contributed by atoms with Crippen LogP contribution in [0.2, 0.25) is 18.1 Å². The highest BCUT2D eigenvalue weighted by atomic mass is 79.9. The maximum atomic E-state index is 12.3. The Morgan fingerprint density at radius 1 is 1.23 bits per heavy atom. The van der Waals surface area contributed by atoms with Gasteiger partial charge in [-0.25, -0.2) is 4.79 Å². The topological polar surface area (TPSA) is 35.5 Å². The summed E-state index contributed by atoms with van der Waals surface area (Å²) in [7, 11) is -0.708. The van der Waals surface area contributed by atoms with Crippen LogP contribution < -0.4 is 4.43 Å². The molecule has 0 aliphatic rings. The summed E-state index contributed by atoms with van der Waals surface area (Å²) in [5.41, 5.74) is 1.29. The third-order valence-electron chi connectivity index (χ3n) is 3.97. The molecule has 0 fully saturated rings. The van der Waals surface area contributed by atoms with Crippen LogP contribution in [0.5, 0.6) is 5.75 Å². The second kappa shape index (κ2) is 7.36. The number of halogens is 3. The first-order chi connectivity index (χ1) is 9.96. The van der Waals surface area contributed by atoms with E-state index in [0.29, 0.717) is 16.6 Å². The molecular formula is C15H21Br3O3Si. The fourth-order valence-corrected chi connectivity index (χ4v) is 5.12. The van der Waals surface area contributed by atoms with Crippen LogP contribution in [0, 0.1) is 0 Å². The van der Waals surface area contributed by atoms with Gasteiger partial charge in [-0.05, 0) is 45.7 Å². The number of alkyl halides is 1. The van der Waals surface area contributed by atoms with E-state index in [2.05, 4.69) is 81.7 Å². The summed E-state index contributed by atoms with van der Waals surface area (Å²) in [6.45, 7) is 10.8. The van der Waals surface area contributed by atoms with Gasteiger partial charge < -0.3 is 9.16 Å². The summed E-state index contributed by atoms with van der Waals surface area (Å²) in [6, 6.07) is 1.91. The lowest BCUT2D eigenvalue weighted by atomic mass is 10.1. The molecule has 0 aromatic heterocycles. The Hall–Kier alpha value is 0.147. The van der Waals surface area contributed by atoms with Gasteiger partial charge in [-0.3, -0.25) is 0 Å². The molecule has 124 valence electrons. The number of rotatable bonds is 4. The van der Waals surface area contributed by atoms with Crippen molar-refractivity contribution < 1.29 is 14.0 Å². The van der Waals surface area contributed by atoms with Crippen LogP contribution in [-0.4, -0.2) is 21.4 Å². The fourth-order valence-electron chi connectivity index (χ4n) is 1.60. The lowest BCUT2D eigenvalue weighted by Crippen LogP contribution is -2.44. The van der Waals surface area contributed by atoms with E-state index in [1.807, 2.05) is 6.07 Å². The highest BCUT2D eigenvalue weighted by molar-refractivity contribution is 9.11. The molecule has 0 radical (unpaired) electrons. The normalized spacial score (nSPS) is 12.2. The predicted octanol–water partition coefficient (Wildman–Crippen LogP) is 6.28. The van der Waals surface area contributed by atoms with Crippen molar-refractivity contribution in [3.63, 3.8) is 0 Å². The monoisotopic (exact) mass is 514 g/mol. The molecule has 0 spiro atoms. The van der Waals surface area contributed by atoms with Crippen molar-refractivity contribution in [3.05, 3.63) is 26.1 Å². The van der Waals surface area contributed by atoms with Gasteiger partial charge in [-0.15, -0.1) is 0 Å². The molecule has 1 rings (SSSR count). The number of methoxy groups -OCH3 is 1. The molecule has 7 heteroatoms. The molecule has 0 aliphatic heterocycles. The van der Waals surface area contributed by atoms with Gasteiger partial charge in [0.05, 0.1) is 11.6 Å². The van der Waals surface area contributed by atoms with E-state index in [1.165, 1.54) is 7.11 Å². The average Bonchev–Trinajstić information content (AvgIpc) is 2.39. The SMILES string of the molecule is COC(=O)c1c(CBr)c(Br)cc(Br)c1O[Si](C)(C)C(C)(C)C. The highest BCUT2D eigenvalue weighted by Gasteiger charge is 2.40. The van der Waals surface area contributed by atoms with Crippen LogP contribution in [0.25, 0.3) is 0 Å². The summed E-state index contributed by atoms with van der Waals surface area (Å²) in [5, 5.41) is 0.556. The van der Waals surface area contributed by atoms with Crippen molar-refractivity contribution in [3.8, 4) is 5.75 Å². The third-order valence-corrected chi connectivity index (χ3v) is 10.2. The molecular weight excluding hydrogens is 496 g/mol. The molecule has 0 unspecified atom stereocenters. The van der Waals surface area contributed by atoms with Gasteiger partial charge in [0, 0.05) is 9.80 Å². The smallest absolute Gasteiger partial charge is 0.341 e. The van der Waals surface area contributed by atoms with Crippen molar-refractivity contribution in [1.29, 1.82) is 0 Å². The number of ether oxygens (including phenoxy) is 1. The van der Waals surface area contributed by atoms with E-state index in [-0.39, 0.29) is 5.04 Å². The Morgan fingerprint density at radius 3 is 2.18 bits per heavy atom. The first-order valence-corrected chi connectivity index (χ1v) is 12.4. The van der Waals surface area contributed by atoms with Gasteiger partial charge in [-0.1, -0.05) is 52.6 Å². The van der Waals surface area contributed by atoms with Crippen molar-refractivity contribution >= 4 is 62.1 Å². The van der Waals surface area contributed by atoms with E-state index in [0.717, 1.165) is 14.5 Å². The van der Waals surface area contributed by atoms with E-state index < -0.39 is 14.3 Å². The van der Waals surface area contributed by atoms with Crippen molar-refractivity contribution in [1.82, 2.24) is 0 Å². The van der Waals surface area contributed by atoms with Gasteiger partial charge in [0.25, 0.3) is 8.32 Å². The summed E-state index contributed by atoms with van der Waals surface area (Å²) in [6.07, 6.45) is 0. The van der Waals surface area contributed by atoms with Crippen LogP contribution in [-0.2, 0) is 10.1 Å². The second-order valence-electron chi connectivity index (χ2n) is 6.51. The molecule has 0 aliphatic carbocycles. The summed E-state index contributed by atoms with van der Waals surface area (Å²) < 4.78 is 12.9. The fraction of sp³-hybridized carbons (Fsp3) is 0.533. The van der Waals surface area contributed by atoms with Crippen molar-refractivity contribution in [2.75, 3.05) is 7.11 Å². The quantitative estimate of drug-likeness (QED) is 0.268. The molecule has 3 nitrogen and oxygen atoms in total. The number of benzene rings is 1. The standard InChI is InChI=1S/C15H21Br3O3Si/c1-15(2,3)22(5,6)21-13-11(18)7-10(17)9(8-16)12(13)14(19)20-4/h7H,8H2,1-6H3. The maximum absolute atomic E-state index is 12.3. The minimum Gasteiger partial charge on any atom is -0.542 e. The Kier molecular flexibility index (Phi) is 6.76. The minimum atomic E-state index is -2.09. The first kappa shape index (κ1) is 20.2. The van der Waals surface area contributed by atoms with Gasteiger partial charge in [0.2, 0.25) is 0 Å². The molecule has 0 amide bonds. The molecule has 0 saturated heterocycles. The zero-order valence-corrected chi connectivity index (χ0v) is 19.4. The van der Waals surface area contributed by atoms with E-state index in [4.69, 9.17) is 9.16 Å². The summed E-state index contributed by atoms with van der Waals surface area (Å²) >= 11 is 10.5. The maximum Gasteiger partial charge on any atom is 0.341 e. The van der Waals surface area contributed by atoms with Crippen LogP contribution in [0.1, 0.15) is 36.7 Å². The number of carbonyl (C=O) groups is 1. The molecule has 0 saturated carbocycles. The minimum absolute atomic E-state index is 0.0292. The Bertz CT molecular complexity index is 580. The van der Waals surface area contributed by atoms with Gasteiger partial charge >= 0.3 is 5.97 Å². The zero-order valence-electron chi connectivity index (χ0n) is 13.6. The van der Waals surface area contributed by atoms with Crippen LogP contribution in [0.15, 0.2) is 15.0 Å². The van der Waals surface area contributed by atoms with Crippen LogP contribution in [0.3, 0.4) is 0 Å². The Labute approximate surface area is 158 Å². The summed E-state index contributed by atoms with van der Waals surface area (Å²) in [4.78, 5) is 12.3. The molecule has 0 bridgehead atoms. The molecule has 0 atom stereocenters. The average molecular weight is 517 g/mol. The molecule has 22 heavy (non-hydrogen) atoms. The molecule has 1 aromatic carbocycles. The molecule has 1 aromatic rings. The highest BCUT2D eigenvalue weighted by Crippen LogP contribution is 2.43. The predicted molar refractivity (Wildman–Crippen MR) is 104 cm³/mol. The number of hydrogen-bond donors (Lipinski definition) is 0. The zero-order chi connectivity index (χ0) is 17.3. The lowest BCUT2D eigenvalue weighted by Gasteiger charge is -2.37. The largest absolute Gasteiger partial charge is 0.542 e. The lowest BCUT2D eigenvalue weighted by molar-refractivity contribution is 0.0597. The molecule has 0 heterocycles. The Balaban J connectivity index is 3.56. The van der Waals surface area contributed by atoms with Gasteiger partial charge in [0.1, 0.15) is 11.3 Å². The van der Waals surface area contributed by atoms with Crippen LogP contribution >= 0.6 is 47.8 Å². The van der Waals surface area contributed by atoms with Crippen molar-refractivity contribution in [2.45, 2.75) is 44.2 Å². The number of esters is 1. The van der Waals surface area contributed by atoms with E-state index >= 15 is 0 Å². The third kappa shape index (κ3) is 4.16. The second-order valence-corrected chi connectivity index (χ2v) is 13.5. The molecule has 0 N–H and O–H groups in total. The van der Waals surface area contributed by atoms with Crippen LogP contribution in [0.4, 0.5) is 0 Å². The van der Waals surface area contributed by atoms with E-state index in [9.17, 15) is 4.79 Å². The van der Waals surface area contributed by atoms with Gasteiger partial charge in [0.15, 0.2) is 0 Å². The first-order valence-electron chi connectivity index (χ1n) is 6.80. The van der Waals surface area contributed by atoms with Gasteiger partial charge in [-0.2, -0.15) is 0 Å². The summed E-state index contributed by atoms with van der Waals surface area (Å²) in [5.74, 6) is 0.168. The number of carbonyl (C=O) groups excluding carboxylic acids is 1.